The van der Waals surface area contributed by atoms with E-state index in [9.17, 15) is 9.18 Å². The highest BCUT2D eigenvalue weighted by molar-refractivity contribution is 6.14. The molecule has 2 nitrogen and oxygen atoms in total. The molecule has 3 aromatic carbocycles. The van der Waals surface area contributed by atoms with Crippen LogP contribution in [0.25, 0.3) is 23.1 Å². The van der Waals surface area contributed by atoms with Crippen LogP contribution in [0.15, 0.2) is 78.9 Å². The van der Waals surface area contributed by atoms with Crippen molar-refractivity contribution in [3.05, 3.63) is 113 Å². The molecule has 0 unspecified atom stereocenters. The van der Waals surface area contributed by atoms with E-state index in [1.165, 1.54) is 12.1 Å². The zero-order valence-corrected chi connectivity index (χ0v) is 15.4. The van der Waals surface area contributed by atoms with Crippen molar-refractivity contribution in [2.24, 2.45) is 0 Å². The molecule has 0 saturated carbocycles. The van der Waals surface area contributed by atoms with E-state index >= 15 is 0 Å². The second kappa shape index (κ2) is 7.57. The van der Waals surface area contributed by atoms with Gasteiger partial charge in [0, 0.05) is 16.6 Å². The number of carbonyl (C=O) groups is 1. The predicted molar refractivity (Wildman–Crippen MR) is 112 cm³/mol. The van der Waals surface area contributed by atoms with E-state index < -0.39 is 0 Å². The zero-order chi connectivity index (χ0) is 19.5. The van der Waals surface area contributed by atoms with E-state index in [2.05, 4.69) is 4.98 Å². The van der Waals surface area contributed by atoms with Gasteiger partial charge in [-0.3, -0.25) is 9.78 Å². The number of hydrogen-bond donors (Lipinski definition) is 0. The number of carbonyl (C=O) groups excluding carboxylic acids is 1. The van der Waals surface area contributed by atoms with Gasteiger partial charge >= 0.3 is 0 Å². The minimum Gasteiger partial charge on any atom is -0.289 e. The fourth-order valence-corrected chi connectivity index (χ4v) is 3.31. The van der Waals surface area contributed by atoms with E-state index in [1.807, 2.05) is 73.7 Å². The third-order valence-electron chi connectivity index (χ3n) is 4.69. The van der Waals surface area contributed by atoms with Crippen molar-refractivity contribution in [2.45, 2.75) is 6.92 Å². The molecule has 0 atom stereocenters. The lowest BCUT2D eigenvalue weighted by atomic mass is 9.93. The maximum atomic E-state index is 13.3. The van der Waals surface area contributed by atoms with Gasteiger partial charge in [0.05, 0.1) is 11.1 Å². The molecule has 0 aliphatic heterocycles. The Morgan fingerprint density at radius 3 is 2.29 bits per heavy atom. The van der Waals surface area contributed by atoms with E-state index in [1.54, 1.807) is 12.1 Å². The summed E-state index contributed by atoms with van der Waals surface area (Å²) in [6, 6.07) is 23.2. The van der Waals surface area contributed by atoms with Gasteiger partial charge in [-0.05, 0) is 36.2 Å². The van der Waals surface area contributed by atoms with Crippen LogP contribution >= 0.6 is 0 Å². The Bertz CT molecular complexity index is 1180. The summed E-state index contributed by atoms with van der Waals surface area (Å²) in [6.45, 7) is 1.86. The van der Waals surface area contributed by atoms with Crippen molar-refractivity contribution < 1.29 is 9.18 Å². The maximum absolute atomic E-state index is 13.3. The number of benzene rings is 3. The lowest BCUT2D eigenvalue weighted by Gasteiger charge is -2.12. The first-order valence-corrected chi connectivity index (χ1v) is 9.06. The summed E-state index contributed by atoms with van der Waals surface area (Å²) in [4.78, 5) is 17.9. The first kappa shape index (κ1) is 17.8. The van der Waals surface area contributed by atoms with E-state index in [-0.39, 0.29) is 11.6 Å². The van der Waals surface area contributed by atoms with Gasteiger partial charge in [0.25, 0.3) is 0 Å². The van der Waals surface area contributed by atoms with Crippen LogP contribution < -0.4 is 0 Å². The fourth-order valence-electron chi connectivity index (χ4n) is 3.31. The number of fused-ring (bicyclic) bond motifs is 1. The number of hydrogen-bond acceptors (Lipinski definition) is 2. The van der Waals surface area contributed by atoms with Crippen LogP contribution in [0.2, 0.25) is 0 Å². The SMILES string of the molecule is Cc1nc2ccccc2c(/C=C/c2ccc(F)cc2)c1C(=O)c1ccccc1. The van der Waals surface area contributed by atoms with Crippen molar-refractivity contribution in [3.63, 3.8) is 0 Å². The molecule has 0 aliphatic carbocycles. The quantitative estimate of drug-likeness (QED) is 0.409. The first-order valence-electron chi connectivity index (χ1n) is 9.06. The van der Waals surface area contributed by atoms with Crippen LogP contribution in [0.5, 0.6) is 0 Å². The monoisotopic (exact) mass is 367 g/mol. The van der Waals surface area contributed by atoms with Crippen LogP contribution in [0.4, 0.5) is 4.39 Å². The highest BCUT2D eigenvalue weighted by atomic mass is 19.1. The molecule has 0 bridgehead atoms. The van der Waals surface area contributed by atoms with Crippen LogP contribution in [0.1, 0.15) is 32.7 Å². The minimum absolute atomic E-state index is 0.0601. The third-order valence-corrected chi connectivity index (χ3v) is 4.69. The van der Waals surface area contributed by atoms with Gasteiger partial charge in [0.1, 0.15) is 5.82 Å². The van der Waals surface area contributed by atoms with Gasteiger partial charge in [-0.15, -0.1) is 0 Å². The normalized spacial score (nSPS) is 11.2. The summed E-state index contributed by atoms with van der Waals surface area (Å²) in [5.41, 5.74) is 4.41. The molecule has 0 N–H and O–H groups in total. The van der Waals surface area contributed by atoms with Gasteiger partial charge in [-0.25, -0.2) is 4.39 Å². The largest absolute Gasteiger partial charge is 0.289 e. The lowest BCUT2D eigenvalue weighted by molar-refractivity contribution is 0.103. The van der Waals surface area contributed by atoms with Crippen molar-refractivity contribution in [2.75, 3.05) is 0 Å². The molecule has 1 heterocycles. The molecule has 3 heteroatoms. The maximum Gasteiger partial charge on any atom is 0.195 e. The molecule has 4 aromatic rings. The van der Waals surface area contributed by atoms with Gasteiger partial charge in [-0.1, -0.05) is 72.8 Å². The molecule has 0 aliphatic rings. The highest BCUT2D eigenvalue weighted by Crippen LogP contribution is 2.27. The molecule has 0 saturated heterocycles. The Morgan fingerprint density at radius 2 is 1.54 bits per heavy atom. The number of aromatic nitrogens is 1. The molecule has 1 aromatic heterocycles. The Morgan fingerprint density at radius 1 is 0.857 bits per heavy atom. The van der Waals surface area contributed by atoms with E-state index in [0.717, 1.165) is 22.0 Å². The molecule has 0 radical (unpaired) electrons. The van der Waals surface area contributed by atoms with E-state index in [0.29, 0.717) is 16.8 Å². The van der Waals surface area contributed by atoms with Crippen LogP contribution in [-0.4, -0.2) is 10.8 Å². The van der Waals surface area contributed by atoms with Crippen LogP contribution in [-0.2, 0) is 0 Å². The van der Waals surface area contributed by atoms with Gasteiger partial charge < -0.3 is 0 Å². The van der Waals surface area contributed by atoms with E-state index in [4.69, 9.17) is 0 Å². The van der Waals surface area contributed by atoms with Gasteiger partial charge in [0.2, 0.25) is 0 Å². The number of rotatable bonds is 4. The van der Waals surface area contributed by atoms with Crippen molar-refractivity contribution >= 4 is 28.8 Å². The van der Waals surface area contributed by atoms with Crippen molar-refractivity contribution in [1.82, 2.24) is 4.98 Å². The average Bonchev–Trinajstić information content (AvgIpc) is 2.73. The molecule has 0 spiro atoms. The summed E-state index contributed by atoms with van der Waals surface area (Å²) >= 11 is 0. The highest BCUT2D eigenvalue weighted by Gasteiger charge is 2.18. The van der Waals surface area contributed by atoms with Gasteiger partial charge in [-0.2, -0.15) is 0 Å². The number of halogens is 1. The summed E-state index contributed by atoms with van der Waals surface area (Å²) in [7, 11) is 0. The molecule has 28 heavy (non-hydrogen) atoms. The van der Waals surface area contributed by atoms with Crippen LogP contribution in [0, 0.1) is 12.7 Å². The predicted octanol–water partition coefficient (Wildman–Crippen LogP) is 6.08. The summed E-state index contributed by atoms with van der Waals surface area (Å²) < 4.78 is 13.2. The number of para-hydroxylation sites is 1. The Kier molecular flexibility index (Phi) is 4.81. The number of aryl methyl sites for hydroxylation is 1. The number of ketones is 1. The first-order chi connectivity index (χ1) is 13.6. The molecule has 4 rings (SSSR count). The number of nitrogens with zero attached hydrogens (tertiary/aromatic N) is 1. The Labute approximate surface area is 163 Å². The topological polar surface area (TPSA) is 30.0 Å². The molecule has 136 valence electrons. The van der Waals surface area contributed by atoms with Gasteiger partial charge in [0.15, 0.2) is 5.78 Å². The molecular formula is C25H18FNO. The standard InChI is InChI=1S/C25H18FNO/c1-17-24(25(28)19-7-3-2-4-8-19)22(21-9-5-6-10-23(21)27-17)16-13-18-11-14-20(26)15-12-18/h2-16H,1H3/b16-13+. The third kappa shape index (κ3) is 3.47. The Hall–Kier alpha value is -3.59. The average molecular weight is 367 g/mol. The summed E-state index contributed by atoms with van der Waals surface area (Å²) in [5.74, 6) is -0.336. The lowest BCUT2D eigenvalue weighted by Crippen LogP contribution is -2.08. The van der Waals surface area contributed by atoms with Crippen molar-refractivity contribution in [3.8, 4) is 0 Å². The fraction of sp³-hybridized carbons (Fsp3) is 0.0400. The Balaban J connectivity index is 1.91. The summed E-state index contributed by atoms with van der Waals surface area (Å²) in [5, 5.41) is 0.908. The second-order valence-corrected chi connectivity index (χ2v) is 6.58. The molecular weight excluding hydrogens is 349 g/mol. The molecule has 0 amide bonds. The summed E-state index contributed by atoms with van der Waals surface area (Å²) in [6.07, 6.45) is 3.81. The molecule has 0 fully saturated rings. The minimum atomic E-state index is -0.276. The van der Waals surface area contributed by atoms with Crippen LogP contribution in [0.3, 0.4) is 0 Å². The smallest absolute Gasteiger partial charge is 0.195 e. The number of pyridine rings is 1. The second-order valence-electron chi connectivity index (χ2n) is 6.58. The zero-order valence-electron chi connectivity index (χ0n) is 15.4. The van der Waals surface area contributed by atoms with Crippen molar-refractivity contribution in [1.29, 1.82) is 0 Å².